The van der Waals surface area contributed by atoms with Gasteiger partial charge in [-0.1, -0.05) is 30.5 Å². The number of pyridine rings is 1. The van der Waals surface area contributed by atoms with Crippen molar-refractivity contribution in [3.8, 4) is 11.1 Å². The van der Waals surface area contributed by atoms with E-state index in [0.717, 1.165) is 33.3 Å². The van der Waals surface area contributed by atoms with Crippen LogP contribution in [0.3, 0.4) is 0 Å². The minimum atomic E-state index is 0.519. The second-order valence-electron chi connectivity index (χ2n) is 6.32. The van der Waals surface area contributed by atoms with Gasteiger partial charge in [0.05, 0.1) is 11.3 Å². The van der Waals surface area contributed by atoms with Crippen molar-refractivity contribution in [2.75, 3.05) is 0 Å². The van der Waals surface area contributed by atoms with Gasteiger partial charge in [-0.2, -0.15) is 5.10 Å². The van der Waals surface area contributed by atoms with Gasteiger partial charge in [-0.05, 0) is 38.7 Å². The second kappa shape index (κ2) is 5.60. The van der Waals surface area contributed by atoms with E-state index in [1.807, 2.05) is 25.3 Å². The highest BCUT2D eigenvalue weighted by Gasteiger charge is 2.26. The van der Waals surface area contributed by atoms with Gasteiger partial charge < -0.3 is 0 Å². The third kappa shape index (κ3) is 2.32. The smallest absolute Gasteiger partial charge is 0.165 e. The normalized spacial score (nSPS) is 15.6. The molecular formula is C18H19ClN4. The zero-order valence-corrected chi connectivity index (χ0v) is 14.1. The summed E-state index contributed by atoms with van der Waals surface area (Å²) in [7, 11) is 0. The van der Waals surface area contributed by atoms with Gasteiger partial charge >= 0.3 is 0 Å². The first-order valence-electron chi connectivity index (χ1n) is 8.12. The van der Waals surface area contributed by atoms with Crippen molar-refractivity contribution in [1.82, 2.24) is 19.6 Å². The minimum Gasteiger partial charge on any atom is -0.264 e. The van der Waals surface area contributed by atoms with Crippen LogP contribution < -0.4 is 0 Å². The van der Waals surface area contributed by atoms with Crippen molar-refractivity contribution in [1.29, 1.82) is 0 Å². The average Bonchev–Trinajstić information content (AvgIpc) is 3.16. The number of nitrogens with zero attached hydrogens (tertiary/aromatic N) is 4. The first-order chi connectivity index (χ1) is 11.2. The summed E-state index contributed by atoms with van der Waals surface area (Å²) in [5.41, 5.74) is 5.99. The van der Waals surface area contributed by atoms with Gasteiger partial charge in [-0.25, -0.2) is 9.50 Å². The monoisotopic (exact) mass is 326 g/mol. The van der Waals surface area contributed by atoms with Crippen LogP contribution in [0.1, 0.15) is 48.6 Å². The zero-order chi connectivity index (χ0) is 16.0. The lowest BCUT2D eigenvalue weighted by atomic mass is 9.98. The summed E-state index contributed by atoms with van der Waals surface area (Å²) in [4.78, 5) is 9.08. The summed E-state index contributed by atoms with van der Waals surface area (Å²) in [6, 6.07) is 3.96. The van der Waals surface area contributed by atoms with E-state index in [4.69, 9.17) is 16.6 Å². The Balaban J connectivity index is 1.97. The lowest BCUT2D eigenvalue weighted by molar-refractivity contribution is 0.699. The van der Waals surface area contributed by atoms with E-state index in [-0.39, 0.29) is 0 Å². The number of rotatable bonds is 2. The van der Waals surface area contributed by atoms with Crippen LogP contribution in [-0.4, -0.2) is 19.6 Å². The predicted molar refractivity (Wildman–Crippen MR) is 91.9 cm³/mol. The third-order valence-corrected chi connectivity index (χ3v) is 5.18. The molecule has 0 radical (unpaired) electrons. The fourth-order valence-corrected chi connectivity index (χ4v) is 4.17. The standard InChI is InChI=1S/C18H19ClN4/c1-11-15(13-6-3-4-7-13)17(19)23-18(21-11)16(12(2)22-23)14-8-5-9-20-10-14/h5,8-10,13H,3-4,6-7H2,1-2H3. The predicted octanol–water partition coefficient (Wildman–Crippen LogP) is 4.72. The molecule has 118 valence electrons. The van der Waals surface area contributed by atoms with Gasteiger partial charge in [0.2, 0.25) is 0 Å². The maximum Gasteiger partial charge on any atom is 0.165 e. The van der Waals surface area contributed by atoms with Gasteiger partial charge in [0, 0.05) is 29.2 Å². The summed E-state index contributed by atoms with van der Waals surface area (Å²) in [6.45, 7) is 4.06. The van der Waals surface area contributed by atoms with Crippen molar-refractivity contribution in [2.24, 2.45) is 0 Å². The first kappa shape index (κ1) is 14.6. The van der Waals surface area contributed by atoms with E-state index in [9.17, 15) is 0 Å². The summed E-state index contributed by atoms with van der Waals surface area (Å²) in [5, 5.41) is 5.38. The Kier molecular flexibility index (Phi) is 3.57. The molecule has 0 amide bonds. The van der Waals surface area contributed by atoms with Crippen LogP contribution in [0.25, 0.3) is 16.8 Å². The fourth-order valence-electron chi connectivity index (χ4n) is 3.76. The Morgan fingerprint density at radius 2 is 1.96 bits per heavy atom. The van der Waals surface area contributed by atoms with E-state index in [1.54, 1.807) is 10.7 Å². The van der Waals surface area contributed by atoms with Gasteiger partial charge in [0.15, 0.2) is 5.65 Å². The molecule has 5 heteroatoms. The Bertz CT molecular complexity index is 864. The van der Waals surface area contributed by atoms with Crippen molar-refractivity contribution < 1.29 is 0 Å². The summed E-state index contributed by atoms with van der Waals surface area (Å²) >= 11 is 6.74. The first-order valence-corrected chi connectivity index (χ1v) is 8.50. The number of halogens is 1. The van der Waals surface area contributed by atoms with Crippen LogP contribution in [0.5, 0.6) is 0 Å². The number of aryl methyl sites for hydroxylation is 2. The quantitative estimate of drug-likeness (QED) is 0.640. The molecule has 0 spiro atoms. The minimum absolute atomic E-state index is 0.519. The number of hydrogen-bond acceptors (Lipinski definition) is 3. The molecule has 0 saturated heterocycles. The summed E-state index contributed by atoms with van der Waals surface area (Å²) in [6.07, 6.45) is 8.57. The lowest BCUT2D eigenvalue weighted by Crippen LogP contribution is -2.06. The molecule has 1 aliphatic carbocycles. The molecule has 0 unspecified atom stereocenters. The van der Waals surface area contributed by atoms with Crippen LogP contribution in [-0.2, 0) is 0 Å². The van der Waals surface area contributed by atoms with E-state index in [0.29, 0.717) is 5.92 Å². The molecular weight excluding hydrogens is 308 g/mol. The van der Waals surface area contributed by atoms with Gasteiger partial charge in [0.1, 0.15) is 5.15 Å². The van der Waals surface area contributed by atoms with Gasteiger partial charge in [0.25, 0.3) is 0 Å². The highest BCUT2D eigenvalue weighted by atomic mass is 35.5. The topological polar surface area (TPSA) is 43.1 Å². The number of aromatic nitrogens is 4. The number of hydrogen-bond donors (Lipinski definition) is 0. The lowest BCUT2D eigenvalue weighted by Gasteiger charge is -2.15. The molecule has 1 aliphatic rings. The molecule has 1 saturated carbocycles. The molecule has 23 heavy (non-hydrogen) atoms. The molecule has 3 heterocycles. The Hall–Kier alpha value is -1.94. The number of fused-ring (bicyclic) bond motifs is 1. The van der Waals surface area contributed by atoms with Gasteiger partial charge in [-0.15, -0.1) is 0 Å². The molecule has 3 aromatic rings. The molecule has 0 bridgehead atoms. The van der Waals surface area contributed by atoms with Gasteiger partial charge in [-0.3, -0.25) is 4.98 Å². The molecule has 0 N–H and O–H groups in total. The highest BCUT2D eigenvalue weighted by molar-refractivity contribution is 6.30. The van der Waals surface area contributed by atoms with Crippen LogP contribution in [0.15, 0.2) is 24.5 Å². The summed E-state index contributed by atoms with van der Waals surface area (Å²) < 4.78 is 1.81. The van der Waals surface area contributed by atoms with Crippen molar-refractivity contribution in [2.45, 2.75) is 45.4 Å². The second-order valence-corrected chi connectivity index (χ2v) is 6.68. The molecule has 3 aromatic heterocycles. The average molecular weight is 327 g/mol. The van der Waals surface area contributed by atoms with E-state index in [1.165, 1.54) is 31.2 Å². The summed E-state index contributed by atoms with van der Waals surface area (Å²) in [5.74, 6) is 0.519. The SMILES string of the molecule is Cc1nc2c(-c3cccnc3)c(C)nn2c(Cl)c1C1CCCC1. The Labute approximate surface area is 140 Å². The molecule has 4 nitrogen and oxygen atoms in total. The Morgan fingerprint density at radius 1 is 1.17 bits per heavy atom. The Morgan fingerprint density at radius 3 is 2.65 bits per heavy atom. The van der Waals surface area contributed by atoms with Crippen molar-refractivity contribution >= 4 is 17.2 Å². The van der Waals surface area contributed by atoms with Crippen LogP contribution >= 0.6 is 11.6 Å². The van der Waals surface area contributed by atoms with E-state index >= 15 is 0 Å². The molecule has 4 rings (SSSR count). The molecule has 0 atom stereocenters. The molecule has 0 aromatic carbocycles. The zero-order valence-electron chi connectivity index (χ0n) is 13.4. The van der Waals surface area contributed by atoms with Crippen molar-refractivity contribution in [3.63, 3.8) is 0 Å². The van der Waals surface area contributed by atoms with E-state index < -0.39 is 0 Å². The molecule has 1 fully saturated rings. The maximum atomic E-state index is 6.74. The highest BCUT2D eigenvalue weighted by Crippen LogP contribution is 2.40. The maximum absolute atomic E-state index is 6.74. The van der Waals surface area contributed by atoms with Crippen LogP contribution in [0, 0.1) is 13.8 Å². The third-order valence-electron chi connectivity index (χ3n) is 4.82. The largest absolute Gasteiger partial charge is 0.264 e. The van der Waals surface area contributed by atoms with E-state index in [2.05, 4.69) is 17.0 Å². The fraction of sp³-hybridized carbons (Fsp3) is 0.389. The van der Waals surface area contributed by atoms with Crippen LogP contribution in [0.2, 0.25) is 5.15 Å². The van der Waals surface area contributed by atoms with Crippen LogP contribution in [0.4, 0.5) is 0 Å². The molecule has 0 aliphatic heterocycles. The van der Waals surface area contributed by atoms with Crippen molar-refractivity contribution in [3.05, 3.63) is 46.6 Å².